The molecule has 0 unspecified atom stereocenters. The fourth-order valence-corrected chi connectivity index (χ4v) is 2.70. The van der Waals surface area contributed by atoms with Crippen LogP contribution in [0.1, 0.15) is 21.7 Å². The fourth-order valence-electron chi connectivity index (χ4n) is 1.35. The lowest BCUT2D eigenvalue weighted by Gasteiger charge is -2.04. The van der Waals surface area contributed by atoms with Gasteiger partial charge in [-0.1, -0.05) is 0 Å². The second-order valence-corrected chi connectivity index (χ2v) is 6.50. The summed E-state index contributed by atoms with van der Waals surface area (Å²) in [6, 6.07) is 1.63. The van der Waals surface area contributed by atoms with Crippen molar-refractivity contribution < 1.29 is 23.1 Å². The second kappa shape index (κ2) is 7.17. The first-order valence-electron chi connectivity index (χ1n) is 5.57. The molecule has 9 heteroatoms. The average molecular weight is 318 g/mol. The molecule has 0 spiro atoms. The number of carboxylic acids is 1. The number of amides is 1. The van der Waals surface area contributed by atoms with Crippen molar-refractivity contribution in [3.63, 3.8) is 0 Å². The molecule has 0 fully saturated rings. The summed E-state index contributed by atoms with van der Waals surface area (Å²) in [5.74, 6) is -1.68. The summed E-state index contributed by atoms with van der Waals surface area (Å²) in [4.78, 5) is 22.6. The highest BCUT2D eigenvalue weighted by Crippen LogP contribution is 2.18. The molecule has 1 rings (SSSR count). The van der Waals surface area contributed by atoms with E-state index >= 15 is 0 Å². The number of carbonyl (C=O) groups excluding carboxylic acids is 1. The van der Waals surface area contributed by atoms with Crippen LogP contribution in [0, 0.1) is 0 Å². The maximum absolute atomic E-state index is 11.8. The number of carboxylic acid groups (broad SMARTS) is 1. The zero-order valence-corrected chi connectivity index (χ0v) is 12.0. The molecule has 1 aromatic rings. The third kappa shape index (κ3) is 5.95. The number of aliphatic carboxylic acids is 1. The second-order valence-electron chi connectivity index (χ2n) is 3.85. The van der Waals surface area contributed by atoms with Gasteiger partial charge in [-0.25, -0.2) is 18.4 Å². The Morgan fingerprint density at radius 3 is 2.75 bits per heavy atom. The van der Waals surface area contributed by atoms with Crippen molar-refractivity contribution >= 4 is 39.3 Å². The van der Waals surface area contributed by atoms with E-state index in [1.807, 2.05) is 0 Å². The number of rotatable bonds is 7. The van der Waals surface area contributed by atoms with Crippen LogP contribution in [0.15, 0.2) is 17.5 Å². The van der Waals surface area contributed by atoms with Gasteiger partial charge in [-0.3, -0.25) is 4.79 Å². The van der Waals surface area contributed by atoms with E-state index < -0.39 is 16.0 Å². The molecule has 7 nitrogen and oxygen atoms in total. The summed E-state index contributed by atoms with van der Waals surface area (Å²) in [6.07, 6.45) is 2.49. The first kappa shape index (κ1) is 16.3. The Bertz CT molecular complexity index is 619. The molecular formula is C11H14N2O5S2. The number of nitrogens with one attached hydrogen (secondary N) is 1. The van der Waals surface area contributed by atoms with E-state index in [-0.39, 0.29) is 24.6 Å². The van der Waals surface area contributed by atoms with Gasteiger partial charge in [0.1, 0.15) is 0 Å². The van der Waals surface area contributed by atoms with Gasteiger partial charge in [0.2, 0.25) is 10.0 Å². The Balaban J connectivity index is 2.56. The molecule has 20 heavy (non-hydrogen) atoms. The van der Waals surface area contributed by atoms with Gasteiger partial charge < -0.3 is 10.4 Å². The zero-order valence-electron chi connectivity index (χ0n) is 10.4. The number of hydrogen-bond donors (Lipinski definition) is 3. The van der Waals surface area contributed by atoms with E-state index in [9.17, 15) is 18.0 Å². The standard InChI is InChI=1S/C11H14N2O5S2/c12-20(17,18)7-1-5-13-11(16)10-8(4-6-19-10)2-3-9(14)15/h2-4,6H,1,5,7H2,(H,13,16)(H,14,15)(H2,12,17,18). The molecule has 0 saturated carbocycles. The van der Waals surface area contributed by atoms with Crippen LogP contribution >= 0.6 is 11.3 Å². The lowest BCUT2D eigenvalue weighted by atomic mass is 10.2. The van der Waals surface area contributed by atoms with Gasteiger partial charge in [-0.05, 0) is 29.5 Å². The van der Waals surface area contributed by atoms with Crippen LogP contribution in [0.4, 0.5) is 0 Å². The zero-order chi connectivity index (χ0) is 15.2. The Kier molecular flexibility index (Phi) is 5.86. The highest BCUT2D eigenvalue weighted by Gasteiger charge is 2.11. The topological polar surface area (TPSA) is 127 Å². The molecule has 0 aliphatic carbocycles. The highest BCUT2D eigenvalue weighted by atomic mass is 32.2. The number of sulfonamides is 1. The van der Waals surface area contributed by atoms with Crippen molar-refractivity contribution in [3.8, 4) is 0 Å². The van der Waals surface area contributed by atoms with Gasteiger partial charge in [-0.2, -0.15) is 0 Å². The molecule has 0 saturated heterocycles. The lowest BCUT2D eigenvalue weighted by Crippen LogP contribution is -2.27. The third-order valence-corrected chi connectivity index (χ3v) is 3.99. The summed E-state index contributed by atoms with van der Waals surface area (Å²) in [5, 5.41) is 17.6. The minimum atomic E-state index is -3.53. The molecule has 110 valence electrons. The normalized spacial score (nSPS) is 11.7. The van der Waals surface area contributed by atoms with E-state index in [0.29, 0.717) is 10.4 Å². The van der Waals surface area contributed by atoms with Crippen molar-refractivity contribution in [2.24, 2.45) is 5.14 Å². The first-order chi connectivity index (χ1) is 9.29. The number of hydrogen-bond acceptors (Lipinski definition) is 5. The fraction of sp³-hybridized carbons (Fsp3) is 0.273. The summed E-state index contributed by atoms with van der Waals surface area (Å²) >= 11 is 1.17. The summed E-state index contributed by atoms with van der Waals surface area (Å²) in [7, 11) is -3.53. The molecule has 0 aliphatic rings. The minimum absolute atomic E-state index is 0.176. The van der Waals surface area contributed by atoms with Crippen molar-refractivity contribution in [3.05, 3.63) is 28.0 Å². The highest BCUT2D eigenvalue weighted by molar-refractivity contribution is 7.89. The summed E-state index contributed by atoms with van der Waals surface area (Å²) < 4.78 is 21.4. The molecule has 1 aromatic heterocycles. The van der Waals surface area contributed by atoms with Crippen LogP contribution in [0.2, 0.25) is 0 Å². The van der Waals surface area contributed by atoms with E-state index in [1.54, 1.807) is 11.4 Å². The summed E-state index contributed by atoms with van der Waals surface area (Å²) in [5.41, 5.74) is 0.501. The van der Waals surface area contributed by atoms with Crippen LogP contribution in [-0.2, 0) is 14.8 Å². The van der Waals surface area contributed by atoms with E-state index in [0.717, 1.165) is 6.08 Å². The average Bonchev–Trinajstić information content (AvgIpc) is 2.79. The van der Waals surface area contributed by atoms with Crippen LogP contribution in [0.25, 0.3) is 6.08 Å². The van der Waals surface area contributed by atoms with Crippen LogP contribution < -0.4 is 10.5 Å². The monoisotopic (exact) mass is 318 g/mol. The summed E-state index contributed by atoms with van der Waals surface area (Å²) in [6.45, 7) is 0.176. The molecule has 1 heterocycles. The smallest absolute Gasteiger partial charge is 0.328 e. The quantitative estimate of drug-likeness (QED) is 0.491. The number of thiophene rings is 1. The Hall–Kier alpha value is -1.71. The molecule has 0 bridgehead atoms. The van der Waals surface area contributed by atoms with Gasteiger partial charge >= 0.3 is 5.97 Å². The van der Waals surface area contributed by atoms with Gasteiger partial charge in [-0.15, -0.1) is 11.3 Å². The molecule has 0 atom stereocenters. The van der Waals surface area contributed by atoms with E-state index in [4.69, 9.17) is 10.2 Å². The van der Waals surface area contributed by atoms with E-state index in [1.165, 1.54) is 17.4 Å². The largest absolute Gasteiger partial charge is 0.478 e. The minimum Gasteiger partial charge on any atom is -0.478 e. The Morgan fingerprint density at radius 2 is 2.15 bits per heavy atom. The molecule has 0 radical (unpaired) electrons. The van der Waals surface area contributed by atoms with Crippen molar-refractivity contribution in [1.29, 1.82) is 0 Å². The maximum Gasteiger partial charge on any atom is 0.328 e. The predicted molar refractivity (Wildman–Crippen MR) is 75.9 cm³/mol. The van der Waals surface area contributed by atoms with Crippen molar-refractivity contribution in [2.75, 3.05) is 12.3 Å². The number of primary sulfonamides is 1. The van der Waals surface area contributed by atoms with Crippen molar-refractivity contribution in [2.45, 2.75) is 6.42 Å². The molecular weight excluding hydrogens is 304 g/mol. The molecule has 4 N–H and O–H groups in total. The maximum atomic E-state index is 11.8. The molecule has 0 aromatic carbocycles. The lowest BCUT2D eigenvalue weighted by molar-refractivity contribution is -0.131. The first-order valence-corrected chi connectivity index (χ1v) is 8.16. The number of nitrogens with two attached hydrogens (primary N) is 1. The van der Waals surface area contributed by atoms with Crippen LogP contribution in [0.3, 0.4) is 0 Å². The Morgan fingerprint density at radius 1 is 1.45 bits per heavy atom. The van der Waals surface area contributed by atoms with Gasteiger partial charge in [0.15, 0.2) is 0 Å². The molecule has 0 aliphatic heterocycles. The van der Waals surface area contributed by atoms with E-state index in [2.05, 4.69) is 5.32 Å². The van der Waals surface area contributed by atoms with Gasteiger partial charge in [0, 0.05) is 12.6 Å². The van der Waals surface area contributed by atoms with Crippen molar-refractivity contribution in [1.82, 2.24) is 5.32 Å². The SMILES string of the molecule is NS(=O)(=O)CCCNC(=O)c1sccc1C=CC(=O)O. The molecule has 1 amide bonds. The Labute approximate surface area is 120 Å². The van der Waals surface area contributed by atoms with Gasteiger partial charge in [0.25, 0.3) is 5.91 Å². The van der Waals surface area contributed by atoms with Crippen LogP contribution in [-0.4, -0.2) is 37.7 Å². The number of carbonyl (C=O) groups is 2. The van der Waals surface area contributed by atoms with Gasteiger partial charge in [0.05, 0.1) is 10.6 Å². The van der Waals surface area contributed by atoms with Crippen LogP contribution in [0.5, 0.6) is 0 Å². The third-order valence-electron chi connectivity index (χ3n) is 2.20. The predicted octanol–water partition coefficient (Wildman–Crippen LogP) is 0.254.